The van der Waals surface area contributed by atoms with E-state index in [1.807, 2.05) is 12.2 Å². The summed E-state index contributed by atoms with van der Waals surface area (Å²) in [6, 6.07) is 6.89. The van der Waals surface area contributed by atoms with E-state index in [0.717, 1.165) is 6.42 Å². The van der Waals surface area contributed by atoms with E-state index in [1.165, 1.54) is 0 Å². The lowest BCUT2D eigenvalue weighted by Gasteiger charge is -2.23. The molecule has 0 saturated heterocycles. The zero-order valence-corrected chi connectivity index (χ0v) is 10.8. The number of nitrogens with two attached hydrogens (primary N) is 1. The van der Waals surface area contributed by atoms with E-state index in [2.05, 4.69) is 5.32 Å². The number of carbonyl (C=O) groups excluding carboxylic acids is 1. The van der Waals surface area contributed by atoms with Crippen LogP contribution in [0.15, 0.2) is 36.4 Å². The molecule has 2 bridgehead atoms. The second-order valence-electron chi connectivity index (χ2n) is 5.45. The normalized spacial score (nSPS) is 30.4. The molecule has 1 aromatic carbocycles. The molecule has 4 unspecified atom stereocenters. The van der Waals surface area contributed by atoms with Crippen molar-refractivity contribution in [1.82, 2.24) is 0 Å². The smallest absolute Gasteiger partial charge is 0.307 e. The quantitative estimate of drug-likeness (QED) is 0.577. The van der Waals surface area contributed by atoms with Crippen LogP contribution < -0.4 is 11.1 Å². The van der Waals surface area contributed by atoms with Crippen molar-refractivity contribution in [3.05, 3.63) is 36.4 Å². The van der Waals surface area contributed by atoms with Crippen molar-refractivity contribution < 1.29 is 14.7 Å². The van der Waals surface area contributed by atoms with Crippen molar-refractivity contribution in [2.75, 3.05) is 11.1 Å². The van der Waals surface area contributed by atoms with Crippen LogP contribution in [0.1, 0.15) is 6.42 Å². The van der Waals surface area contributed by atoms with Gasteiger partial charge < -0.3 is 16.2 Å². The maximum Gasteiger partial charge on any atom is 0.307 e. The van der Waals surface area contributed by atoms with Crippen LogP contribution in [-0.4, -0.2) is 17.0 Å². The van der Waals surface area contributed by atoms with Crippen LogP contribution in [0.2, 0.25) is 0 Å². The highest BCUT2D eigenvalue weighted by Crippen LogP contribution is 2.48. The van der Waals surface area contributed by atoms with Gasteiger partial charge in [0, 0.05) is 11.4 Å². The number of fused-ring (bicyclic) bond motifs is 2. The average Bonchev–Trinajstić information content (AvgIpc) is 2.98. The topological polar surface area (TPSA) is 92.4 Å². The van der Waals surface area contributed by atoms with Gasteiger partial charge in [-0.25, -0.2) is 0 Å². The monoisotopic (exact) mass is 272 g/mol. The molecule has 5 nitrogen and oxygen atoms in total. The summed E-state index contributed by atoms with van der Waals surface area (Å²) in [6.45, 7) is 0. The molecule has 1 fully saturated rings. The van der Waals surface area contributed by atoms with Gasteiger partial charge in [0.1, 0.15) is 0 Å². The number of nitrogen functional groups attached to an aromatic ring is 1. The Bertz CT molecular complexity index is 597. The summed E-state index contributed by atoms with van der Waals surface area (Å²) in [5.41, 5.74) is 6.83. The Balaban J connectivity index is 1.80. The summed E-state index contributed by atoms with van der Waals surface area (Å²) in [5, 5.41) is 12.1. The number of carbonyl (C=O) groups is 2. The molecule has 2 aliphatic rings. The molecule has 0 heterocycles. The highest BCUT2D eigenvalue weighted by atomic mass is 16.4. The van der Waals surface area contributed by atoms with Crippen molar-refractivity contribution in [2.24, 2.45) is 23.7 Å². The lowest BCUT2D eigenvalue weighted by atomic mass is 9.82. The van der Waals surface area contributed by atoms with Crippen LogP contribution in [0.4, 0.5) is 11.4 Å². The lowest BCUT2D eigenvalue weighted by Crippen LogP contribution is -2.36. The molecule has 4 atom stereocenters. The molecule has 1 saturated carbocycles. The number of allylic oxidation sites excluding steroid dienone is 2. The molecular weight excluding hydrogens is 256 g/mol. The summed E-state index contributed by atoms with van der Waals surface area (Å²) >= 11 is 0. The second kappa shape index (κ2) is 4.67. The fourth-order valence-corrected chi connectivity index (χ4v) is 3.36. The molecule has 0 spiro atoms. The summed E-state index contributed by atoms with van der Waals surface area (Å²) in [4.78, 5) is 23.8. The molecule has 20 heavy (non-hydrogen) atoms. The number of aliphatic carboxylic acids is 1. The minimum atomic E-state index is -0.894. The van der Waals surface area contributed by atoms with Crippen LogP contribution in [0.5, 0.6) is 0 Å². The molecule has 0 aliphatic heterocycles. The van der Waals surface area contributed by atoms with E-state index in [9.17, 15) is 14.7 Å². The van der Waals surface area contributed by atoms with E-state index < -0.39 is 17.8 Å². The Labute approximate surface area is 116 Å². The van der Waals surface area contributed by atoms with Crippen LogP contribution in [-0.2, 0) is 9.59 Å². The van der Waals surface area contributed by atoms with Gasteiger partial charge in [-0.15, -0.1) is 0 Å². The fraction of sp³-hybridized carbons (Fsp3) is 0.333. The van der Waals surface area contributed by atoms with Crippen LogP contribution in [0.3, 0.4) is 0 Å². The first kappa shape index (κ1) is 12.7. The summed E-state index contributed by atoms with van der Waals surface area (Å²) in [6.07, 6.45) is 4.65. The Hall–Kier alpha value is -2.30. The zero-order chi connectivity index (χ0) is 14.3. The van der Waals surface area contributed by atoms with E-state index in [1.54, 1.807) is 24.3 Å². The van der Waals surface area contributed by atoms with E-state index in [-0.39, 0.29) is 17.7 Å². The fourth-order valence-electron chi connectivity index (χ4n) is 3.36. The number of nitrogens with one attached hydrogen (secondary N) is 1. The van der Waals surface area contributed by atoms with Gasteiger partial charge in [-0.2, -0.15) is 0 Å². The summed E-state index contributed by atoms with van der Waals surface area (Å²) in [5.74, 6) is -2.24. The first-order valence-electron chi connectivity index (χ1n) is 6.64. The number of hydrogen-bond acceptors (Lipinski definition) is 3. The molecular formula is C15H16N2O3. The molecule has 0 aromatic heterocycles. The molecule has 104 valence electrons. The van der Waals surface area contributed by atoms with Crippen LogP contribution >= 0.6 is 0 Å². The predicted octanol–water partition coefficient (Wildman–Crippen LogP) is 1.73. The van der Waals surface area contributed by atoms with Gasteiger partial charge >= 0.3 is 5.97 Å². The molecule has 1 amide bonds. The van der Waals surface area contributed by atoms with Gasteiger partial charge in [0.25, 0.3) is 0 Å². The van der Waals surface area contributed by atoms with Crippen LogP contribution in [0, 0.1) is 23.7 Å². The molecule has 5 heteroatoms. The van der Waals surface area contributed by atoms with Gasteiger partial charge in [0.05, 0.1) is 11.8 Å². The largest absolute Gasteiger partial charge is 0.481 e. The SMILES string of the molecule is Nc1cccc(NC(=O)C2C3C=CC(C3)C2C(=O)O)c1. The molecule has 0 radical (unpaired) electrons. The molecule has 2 aliphatic carbocycles. The van der Waals surface area contributed by atoms with Crippen molar-refractivity contribution in [2.45, 2.75) is 6.42 Å². The zero-order valence-electron chi connectivity index (χ0n) is 10.8. The second-order valence-corrected chi connectivity index (χ2v) is 5.45. The van der Waals surface area contributed by atoms with Crippen molar-refractivity contribution in [3.63, 3.8) is 0 Å². The van der Waals surface area contributed by atoms with Gasteiger partial charge in [-0.1, -0.05) is 18.2 Å². The van der Waals surface area contributed by atoms with Gasteiger partial charge in [-0.05, 0) is 36.5 Å². The number of rotatable bonds is 3. The first-order chi connectivity index (χ1) is 9.56. The summed E-state index contributed by atoms with van der Waals surface area (Å²) in [7, 11) is 0. The third kappa shape index (κ3) is 2.05. The number of carboxylic acids is 1. The Morgan fingerprint density at radius 1 is 1.20 bits per heavy atom. The Kier molecular flexibility index (Phi) is 2.97. The number of hydrogen-bond donors (Lipinski definition) is 3. The molecule has 4 N–H and O–H groups in total. The number of anilines is 2. The highest BCUT2D eigenvalue weighted by molar-refractivity contribution is 5.96. The third-order valence-electron chi connectivity index (χ3n) is 4.20. The van der Waals surface area contributed by atoms with E-state index in [4.69, 9.17) is 5.73 Å². The van der Waals surface area contributed by atoms with Crippen molar-refractivity contribution in [1.29, 1.82) is 0 Å². The maximum atomic E-state index is 12.4. The minimum Gasteiger partial charge on any atom is -0.481 e. The van der Waals surface area contributed by atoms with Gasteiger partial charge in [0.2, 0.25) is 5.91 Å². The average molecular weight is 272 g/mol. The number of benzene rings is 1. The van der Waals surface area contributed by atoms with Crippen molar-refractivity contribution in [3.8, 4) is 0 Å². The number of amides is 1. The van der Waals surface area contributed by atoms with E-state index in [0.29, 0.717) is 11.4 Å². The standard InChI is InChI=1S/C15H16N2O3/c16-10-2-1-3-11(7-10)17-14(18)12-8-4-5-9(6-8)13(12)15(19)20/h1-5,7-9,12-13H,6,16H2,(H,17,18)(H,19,20). The summed E-state index contributed by atoms with van der Waals surface area (Å²) < 4.78 is 0. The van der Waals surface area contributed by atoms with E-state index >= 15 is 0 Å². The predicted molar refractivity (Wildman–Crippen MR) is 74.8 cm³/mol. The first-order valence-corrected chi connectivity index (χ1v) is 6.64. The maximum absolute atomic E-state index is 12.4. The molecule has 1 aromatic rings. The molecule has 3 rings (SSSR count). The van der Waals surface area contributed by atoms with Gasteiger partial charge in [0.15, 0.2) is 0 Å². The van der Waals surface area contributed by atoms with Crippen molar-refractivity contribution >= 4 is 23.3 Å². The lowest BCUT2D eigenvalue weighted by molar-refractivity contribution is -0.146. The van der Waals surface area contributed by atoms with Gasteiger partial charge in [-0.3, -0.25) is 9.59 Å². The Morgan fingerprint density at radius 2 is 1.90 bits per heavy atom. The highest BCUT2D eigenvalue weighted by Gasteiger charge is 2.51. The number of carboxylic acid groups (broad SMARTS) is 1. The third-order valence-corrected chi connectivity index (χ3v) is 4.20. The Morgan fingerprint density at radius 3 is 2.55 bits per heavy atom. The van der Waals surface area contributed by atoms with Crippen LogP contribution in [0.25, 0.3) is 0 Å². The minimum absolute atomic E-state index is 0.0194.